The number of hydrogen-bond acceptors (Lipinski definition) is 5. The molecule has 0 unspecified atom stereocenters. The molecule has 5 nitrogen and oxygen atoms in total. The minimum atomic E-state index is -0.0660. The van der Waals surface area contributed by atoms with Crippen LogP contribution in [0.4, 0.5) is 0 Å². The Hall–Kier alpha value is -1.53. The molecule has 3 heterocycles. The summed E-state index contributed by atoms with van der Waals surface area (Å²) in [5.74, 6) is 0. The first-order chi connectivity index (χ1) is 11.1. The number of nitrogens with zero attached hydrogens (tertiary/aromatic N) is 4. The summed E-state index contributed by atoms with van der Waals surface area (Å²) in [4.78, 5) is 19.7. The summed E-state index contributed by atoms with van der Waals surface area (Å²) in [6.07, 6.45) is 5.23. The fourth-order valence-electron chi connectivity index (χ4n) is 3.12. The second kappa shape index (κ2) is 6.93. The quantitative estimate of drug-likeness (QED) is 0.867. The van der Waals surface area contributed by atoms with Gasteiger partial charge in [0, 0.05) is 19.0 Å². The number of rotatable bonds is 3. The molecule has 6 heteroatoms. The van der Waals surface area contributed by atoms with Crippen LogP contribution in [0.25, 0.3) is 10.6 Å². The average Bonchev–Trinajstić information content (AvgIpc) is 2.81. The lowest BCUT2D eigenvalue weighted by Crippen LogP contribution is -2.24. The number of thiazole rings is 1. The lowest BCUT2D eigenvalue weighted by molar-refractivity contribution is 0.274. The van der Waals surface area contributed by atoms with Crippen molar-refractivity contribution in [3.63, 3.8) is 0 Å². The lowest BCUT2D eigenvalue weighted by atomic mass is 10.1. The normalized spacial score (nSPS) is 16.5. The molecule has 2 aromatic rings. The fraction of sp³-hybridized carbons (Fsp3) is 0.588. The van der Waals surface area contributed by atoms with Crippen molar-refractivity contribution < 1.29 is 0 Å². The molecule has 0 N–H and O–H groups in total. The Morgan fingerprint density at radius 1 is 1.17 bits per heavy atom. The Labute approximate surface area is 141 Å². The largest absolute Gasteiger partial charge is 0.297 e. The van der Waals surface area contributed by atoms with Crippen molar-refractivity contribution in [1.82, 2.24) is 19.7 Å². The van der Waals surface area contributed by atoms with Crippen molar-refractivity contribution in [2.45, 2.75) is 46.1 Å². The SMILES string of the molecule is Cc1nn(C)c(=O)c(-c2nc(CN3CCCCCC3)cs2)c1C. The summed E-state index contributed by atoms with van der Waals surface area (Å²) >= 11 is 1.56. The summed E-state index contributed by atoms with van der Waals surface area (Å²) in [5, 5.41) is 7.15. The van der Waals surface area contributed by atoms with Gasteiger partial charge in [0.2, 0.25) is 0 Å². The molecule has 0 aliphatic carbocycles. The molecule has 0 aromatic carbocycles. The van der Waals surface area contributed by atoms with Crippen LogP contribution in [-0.2, 0) is 13.6 Å². The Morgan fingerprint density at radius 2 is 1.87 bits per heavy atom. The zero-order valence-electron chi connectivity index (χ0n) is 14.1. The molecule has 23 heavy (non-hydrogen) atoms. The van der Waals surface area contributed by atoms with Gasteiger partial charge in [0.15, 0.2) is 0 Å². The van der Waals surface area contributed by atoms with Crippen molar-refractivity contribution >= 4 is 11.3 Å². The van der Waals surface area contributed by atoms with Gasteiger partial charge in [-0.1, -0.05) is 12.8 Å². The zero-order valence-corrected chi connectivity index (χ0v) is 14.9. The Balaban J connectivity index is 1.86. The van der Waals surface area contributed by atoms with E-state index in [1.54, 1.807) is 18.4 Å². The van der Waals surface area contributed by atoms with Gasteiger partial charge in [-0.05, 0) is 45.3 Å². The van der Waals surface area contributed by atoms with E-state index >= 15 is 0 Å². The average molecular weight is 332 g/mol. The van der Waals surface area contributed by atoms with Crippen molar-refractivity contribution in [3.8, 4) is 10.6 Å². The van der Waals surface area contributed by atoms with E-state index in [4.69, 9.17) is 4.98 Å². The van der Waals surface area contributed by atoms with Crippen LogP contribution in [0.2, 0.25) is 0 Å². The molecule has 1 aliphatic heterocycles. The van der Waals surface area contributed by atoms with Gasteiger partial charge in [-0.25, -0.2) is 9.67 Å². The molecule has 1 aliphatic rings. The first-order valence-electron chi connectivity index (χ1n) is 8.28. The fourth-order valence-corrected chi connectivity index (χ4v) is 4.02. The van der Waals surface area contributed by atoms with E-state index in [1.807, 2.05) is 13.8 Å². The molecule has 124 valence electrons. The molecule has 1 saturated heterocycles. The van der Waals surface area contributed by atoms with Gasteiger partial charge in [-0.2, -0.15) is 5.10 Å². The smallest absolute Gasteiger partial charge is 0.277 e. The van der Waals surface area contributed by atoms with Crippen LogP contribution in [0.3, 0.4) is 0 Å². The third-order valence-electron chi connectivity index (χ3n) is 4.58. The van der Waals surface area contributed by atoms with Gasteiger partial charge >= 0.3 is 0 Å². The topological polar surface area (TPSA) is 51.0 Å². The summed E-state index contributed by atoms with van der Waals surface area (Å²) in [6, 6.07) is 0. The monoisotopic (exact) mass is 332 g/mol. The van der Waals surface area contributed by atoms with Crippen LogP contribution < -0.4 is 5.56 Å². The van der Waals surface area contributed by atoms with Crippen molar-refractivity contribution in [2.24, 2.45) is 7.05 Å². The first kappa shape index (κ1) is 16.3. The van der Waals surface area contributed by atoms with E-state index in [2.05, 4.69) is 15.4 Å². The summed E-state index contributed by atoms with van der Waals surface area (Å²) in [5.41, 5.74) is 3.52. The van der Waals surface area contributed by atoms with Gasteiger partial charge in [-0.3, -0.25) is 9.69 Å². The van der Waals surface area contributed by atoms with Crippen molar-refractivity contribution in [2.75, 3.05) is 13.1 Å². The zero-order chi connectivity index (χ0) is 16.4. The molecule has 3 rings (SSSR count). The van der Waals surface area contributed by atoms with Crippen molar-refractivity contribution in [3.05, 3.63) is 32.7 Å². The highest BCUT2D eigenvalue weighted by Gasteiger charge is 2.17. The van der Waals surface area contributed by atoms with E-state index in [0.29, 0.717) is 5.56 Å². The number of hydrogen-bond donors (Lipinski definition) is 0. The number of aromatic nitrogens is 3. The second-order valence-electron chi connectivity index (χ2n) is 6.35. The maximum Gasteiger partial charge on any atom is 0.277 e. The van der Waals surface area contributed by atoms with Gasteiger partial charge in [0.1, 0.15) is 5.01 Å². The van der Waals surface area contributed by atoms with E-state index < -0.39 is 0 Å². The summed E-state index contributed by atoms with van der Waals surface area (Å²) < 4.78 is 1.41. The third-order valence-corrected chi connectivity index (χ3v) is 5.48. The minimum Gasteiger partial charge on any atom is -0.297 e. The molecule has 0 amide bonds. The summed E-state index contributed by atoms with van der Waals surface area (Å²) in [6.45, 7) is 7.09. The Morgan fingerprint density at radius 3 is 2.57 bits per heavy atom. The van der Waals surface area contributed by atoms with E-state index in [-0.39, 0.29) is 5.56 Å². The van der Waals surface area contributed by atoms with Gasteiger partial charge in [-0.15, -0.1) is 11.3 Å². The van der Waals surface area contributed by atoms with Crippen LogP contribution in [0.5, 0.6) is 0 Å². The highest BCUT2D eigenvalue weighted by Crippen LogP contribution is 2.25. The maximum absolute atomic E-state index is 12.4. The molecule has 0 atom stereocenters. The Kier molecular flexibility index (Phi) is 4.92. The molecule has 1 fully saturated rings. The van der Waals surface area contributed by atoms with Crippen LogP contribution in [-0.4, -0.2) is 32.8 Å². The third kappa shape index (κ3) is 3.53. The minimum absolute atomic E-state index is 0.0660. The predicted octanol–water partition coefficient (Wildman–Crippen LogP) is 2.90. The van der Waals surface area contributed by atoms with Crippen LogP contribution in [0.1, 0.15) is 42.6 Å². The number of likely N-dealkylation sites (tertiary alicyclic amines) is 1. The lowest BCUT2D eigenvalue weighted by Gasteiger charge is -2.18. The van der Waals surface area contributed by atoms with Crippen LogP contribution >= 0.6 is 11.3 Å². The molecule has 0 spiro atoms. The molecular formula is C17H24N4OS. The van der Waals surface area contributed by atoms with Crippen LogP contribution in [0.15, 0.2) is 10.2 Å². The highest BCUT2D eigenvalue weighted by molar-refractivity contribution is 7.13. The Bertz CT molecular complexity index is 742. The second-order valence-corrected chi connectivity index (χ2v) is 7.21. The summed E-state index contributed by atoms with van der Waals surface area (Å²) in [7, 11) is 1.70. The molecule has 0 radical (unpaired) electrons. The van der Waals surface area contributed by atoms with E-state index in [0.717, 1.165) is 41.6 Å². The maximum atomic E-state index is 12.4. The van der Waals surface area contributed by atoms with Gasteiger partial charge in [0.05, 0.1) is 17.0 Å². The standard InChI is InChI=1S/C17H24N4OS/c1-12-13(2)19-20(3)17(22)15(12)16-18-14(11-23-16)10-21-8-6-4-5-7-9-21/h11H,4-10H2,1-3H3. The van der Waals surface area contributed by atoms with Crippen LogP contribution in [0, 0.1) is 13.8 Å². The molecule has 0 bridgehead atoms. The van der Waals surface area contributed by atoms with Crippen molar-refractivity contribution in [1.29, 1.82) is 0 Å². The van der Waals surface area contributed by atoms with Gasteiger partial charge in [0.25, 0.3) is 5.56 Å². The molecule has 0 saturated carbocycles. The van der Waals surface area contributed by atoms with E-state index in [1.165, 1.54) is 30.4 Å². The molecule has 2 aromatic heterocycles. The van der Waals surface area contributed by atoms with E-state index in [9.17, 15) is 4.79 Å². The predicted molar refractivity (Wildman–Crippen MR) is 93.8 cm³/mol. The molecular weight excluding hydrogens is 308 g/mol. The highest BCUT2D eigenvalue weighted by atomic mass is 32.1. The number of aryl methyl sites for hydroxylation is 2. The van der Waals surface area contributed by atoms with Gasteiger partial charge < -0.3 is 0 Å². The first-order valence-corrected chi connectivity index (χ1v) is 9.16.